The van der Waals surface area contributed by atoms with Crippen molar-refractivity contribution in [2.75, 3.05) is 13.7 Å². The monoisotopic (exact) mass is 428 g/mol. The molecular weight excluding hydrogens is 411 g/mol. The number of nitrogens with zero attached hydrogens (tertiary/aromatic N) is 1. The largest absolute Gasteiger partial charge is 0.493 e. The van der Waals surface area contributed by atoms with Gasteiger partial charge in [-0.2, -0.15) is 5.10 Å². The molecule has 23 heavy (non-hydrogen) atoms. The summed E-state index contributed by atoms with van der Waals surface area (Å²) < 4.78 is 16.9. The fourth-order valence-electron chi connectivity index (χ4n) is 1.79. The van der Waals surface area contributed by atoms with Crippen LogP contribution >= 0.6 is 22.6 Å². The Morgan fingerprint density at radius 3 is 2.96 bits per heavy atom. The molecule has 6 nitrogen and oxygen atoms in total. The van der Waals surface area contributed by atoms with Gasteiger partial charge in [-0.05, 0) is 58.8 Å². The first kappa shape index (κ1) is 17.3. The number of benzene rings is 1. The third-order valence-electron chi connectivity index (χ3n) is 2.83. The van der Waals surface area contributed by atoms with E-state index in [1.165, 1.54) is 12.5 Å². The highest BCUT2D eigenvalue weighted by atomic mass is 127. The topological polar surface area (TPSA) is 73.1 Å². The first-order chi connectivity index (χ1) is 11.2. The lowest BCUT2D eigenvalue weighted by Gasteiger charge is -2.12. The molecule has 0 bridgehead atoms. The number of halogens is 1. The molecule has 0 spiro atoms. The summed E-state index contributed by atoms with van der Waals surface area (Å²) >= 11 is 2.18. The predicted octanol–water partition coefficient (Wildman–Crippen LogP) is 3.45. The summed E-state index contributed by atoms with van der Waals surface area (Å²) in [6, 6.07) is 6.91. The van der Waals surface area contributed by atoms with Crippen LogP contribution in [0.3, 0.4) is 0 Å². The van der Waals surface area contributed by atoms with E-state index in [2.05, 4.69) is 33.1 Å². The highest BCUT2D eigenvalue weighted by Crippen LogP contribution is 2.33. The Hall–Kier alpha value is -2.03. The number of rotatable bonds is 7. The Bertz CT molecular complexity index is 684. The lowest BCUT2D eigenvalue weighted by Crippen LogP contribution is -2.16. The van der Waals surface area contributed by atoms with Crippen molar-refractivity contribution in [2.45, 2.75) is 13.3 Å². The molecule has 1 amide bonds. The summed E-state index contributed by atoms with van der Waals surface area (Å²) in [4.78, 5) is 11.7. The molecule has 1 N–H and O–H groups in total. The molecule has 2 aromatic rings. The lowest BCUT2D eigenvalue weighted by molar-refractivity contribution is 0.0927. The second-order valence-electron chi connectivity index (χ2n) is 4.56. The maximum Gasteiger partial charge on any atom is 0.307 e. The molecule has 0 aliphatic rings. The summed E-state index contributed by atoms with van der Waals surface area (Å²) in [6.07, 6.45) is 3.89. The minimum absolute atomic E-state index is 0.206. The number of amides is 1. The highest BCUT2D eigenvalue weighted by Gasteiger charge is 2.11. The second-order valence-corrected chi connectivity index (χ2v) is 5.72. The van der Waals surface area contributed by atoms with Crippen LogP contribution in [0.15, 0.2) is 40.0 Å². The van der Waals surface area contributed by atoms with Crippen molar-refractivity contribution in [3.63, 3.8) is 0 Å². The summed E-state index contributed by atoms with van der Waals surface area (Å²) in [5.74, 6) is 1.14. The van der Waals surface area contributed by atoms with E-state index in [4.69, 9.17) is 13.9 Å². The van der Waals surface area contributed by atoms with Crippen LogP contribution in [-0.4, -0.2) is 25.8 Å². The van der Waals surface area contributed by atoms with Crippen LogP contribution in [0.1, 0.15) is 29.5 Å². The molecular formula is C16H17IN2O4. The first-order valence-electron chi connectivity index (χ1n) is 7.03. The molecule has 1 heterocycles. The van der Waals surface area contributed by atoms with Gasteiger partial charge in [0.15, 0.2) is 17.3 Å². The van der Waals surface area contributed by atoms with E-state index in [0.29, 0.717) is 18.1 Å². The van der Waals surface area contributed by atoms with E-state index in [1.54, 1.807) is 25.3 Å². The molecule has 0 unspecified atom stereocenters. The van der Waals surface area contributed by atoms with E-state index < -0.39 is 5.91 Å². The van der Waals surface area contributed by atoms with E-state index in [-0.39, 0.29) is 5.76 Å². The number of furan rings is 1. The average molecular weight is 428 g/mol. The van der Waals surface area contributed by atoms with Crippen molar-refractivity contribution in [1.29, 1.82) is 0 Å². The summed E-state index contributed by atoms with van der Waals surface area (Å²) in [5.41, 5.74) is 3.19. The average Bonchev–Trinajstić information content (AvgIpc) is 3.08. The second kappa shape index (κ2) is 8.56. The van der Waals surface area contributed by atoms with Gasteiger partial charge in [0.2, 0.25) is 0 Å². The number of nitrogens with one attached hydrogen (secondary N) is 1. The number of ether oxygens (including phenoxy) is 2. The SMILES string of the molecule is CCCOc1c(I)cc(/C=N\NC(=O)c2ccco2)cc1OC. The molecule has 122 valence electrons. The molecule has 0 fully saturated rings. The maximum absolute atomic E-state index is 11.7. The molecule has 2 rings (SSSR count). The van der Waals surface area contributed by atoms with Gasteiger partial charge < -0.3 is 13.9 Å². The third kappa shape index (κ3) is 4.72. The van der Waals surface area contributed by atoms with Gasteiger partial charge in [-0.3, -0.25) is 4.79 Å². The van der Waals surface area contributed by atoms with Gasteiger partial charge in [0.1, 0.15) is 0 Å². The number of hydrazone groups is 1. The quantitative estimate of drug-likeness (QED) is 0.417. The molecule has 0 radical (unpaired) electrons. The Labute approximate surface area is 148 Å². The van der Waals surface area contributed by atoms with Crippen LogP contribution < -0.4 is 14.9 Å². The summed E-state index contributed by atoms with van der Waals surface area (Å²) in [7, 11) is 1.59. The first-order valence-corrected chi connectivity index (χ1v) is 8.10. The van der Waals surface area contributed by atoms with E-state index in [9.17, 15) is 4.79 Å². The molecule has 0 saturated carbocycles. The fourth-order valence-corrected chi connectivity index (χ4v) is 2.57. The molecule has 0 aliphatic carbocycles. The van der Waals surface area contributed by atoms with Gasteiger partial charge in [0.05, 0.1) is 29.8 Å². The lowest BCUT2D eigenvalue weighted by atomic mass is 10.2. The Kier molecular flexibility index (Phi) is 6.45. The number of hydrogen-bond acceptors (Lipinski definition) is 5. The van der Waals surface area contributed by atoms with Gasteiger partial charge in [-0.1, -0.05) is 6.92 Å². The van der Waals surface area contributed by atoms with Gasteiger partial charge in [-0.15, -0.1) is 0 Å². The van der Waals surface area contributed by atoms with Crippen LogP contribution in [0.5, 0.6) is 11.5 Å². The zero-order valence-electron chi connectivity index (χ0n) is 12.8. The molecule has 1 aromatic carbocycles. The zero-order valence-corrected chi connectivity index (χ0v) is 15.0. The standard InChI is InChI=1S/C16H17IN2O4/c1-3-6-23-15-12(17)8-11(9-14(15)21-2)10-18-19-16(20)13-5-4-7-22-13/h4-5,7-10H,3,6H2,1-2H3,(H,19,20)/b18-10-. The zero-order chi connectivity index (χ0) is 16.7. The Morgan fingerprint density at radius 1 is 1.48 bits per heavy atom. The van der Waals surface area contributed by atoms with Crippen LogP contribution in [-0.2, 0) is 0 Å². The molecule has 7 heteroatoms. The number of methoxy groups -OCH3 is 1. The summed E-state index contributed by atoms with van der Waals surface area (Å²) in [6.45, 7) is 2.67. The highest BCUT2D eigenvalue weighted by molar-refractivity contribution is 14.1. The van der Waals surface area contributed by atoms with Gasteiger partial charge in [0.25, 0.3) is 0 Å². The normalized spacial score (nSPS) is 10.7. The van der Waals surface area contributed by atoms with E-state index in [1.807, 2.05) is 13.0 Å². The van der Waals surface area contributed by atoms with E-state index >= 15 is 0 Å². The number of hydrogen-bond donors (Lipinski definition) is 1. The van der Waals surface area contributed by atoms with Gasteiger partial charge in [-0.25, -0.2) is 5.43 Å². The van der Waals surface area contributed by atoms with Crippen molar-refractivity contribution in [3.05, 3.63) is 45.4 Å². The van der Waals surface area contributed by atoms with E-state index in [0.717, 1.165) is 15.6 Å². The molecule has 0 aliphatic heterocycles. The van der Waals surface area contributed by atoms with Crippen molar-refractivity contribution < 1.29 is 18.7 Å². The van der Waals surface area contributed by atoms with Gasteiger partial charge in [0, 0.05) is 0 Å². The number of carbonyl (C=O) groups excluding carboxylic acids is 1. The Balaban J connectivity index is 2.09. The van der Waals surface area contributed by atoms with Crippen molar-refractivity contribution in [3.8, 4) is 11.5 Å². The Morgan fingerprint density at radius 2 is 2.30 bits per heavy atom. The van der Waals surface area contributed by atoms with Crippen LogP contribution in [0, 0.1) is 3.57 Å². The fraction of sp³-hybridized carbons (Fsp3) is 0.250. The van der Waals surface area contributed by atoms with Gasteiger partial charge >= 0.3 is 5.91 Å². The predicted molar refractivity (Wildman–Crippen MR) is 95.3 cm³/mol. The van der Waals surface area contributed by atoms with Crippen LogP contribution in [0.2, 0.25) is 0 Å². The van der Waals surface area contributed by atoms with Crippen LogP contribution in [0.4, 0.5) is 0 Å². The third-order valence-corrected chi connectivity index (χ3v) is 3.63. The summed E-state index contributed by atoms with van der Waals surface area (Å²) in [5, 5.41) is 3.92. The molecule has 1 aromatic heterocycles. The molecule has 0 atom stereocenters. The van der Waals surface area contributed by atoms with Crippen molar-refractivity contribution in [2.24, 2.45) is 5.10 Å². The minimum Gasteiger partial charge on any atom is -0.493 e. The minimum atomic E-state index is -0.407. The number of carbonyl (C=O) groups is 1. The maximum atomic E-state index is 11.7. The van der Waals surface area contributed by atoms with Crippen molar-refractivity contribution in [1.82, 2.24) is 5.43 Å². The van der Waals surface area contributed by atoms with Crippen molar-refractivity contribution >= 4 is 34.7 Å². The smallest absolute Gasteiger partial charge is 0.307 e. The van der Waals surface area contributed by atoms with Crippen LogP contribution in [0.25, 0.3) is 0 Å². The molecule has 0 saturated heterocycles.